The van der Waals surface area contributed by atoms with E-state index in [9.17, 15) is 10.1 Å². The van der Waals surface area contributed by atoms with Crippen LogP contribution in [0.4, 0.5) is 11.4 Å². The van der Waals surface area contributed by atoms with Crippen molar-refractivity contribution in [3.63, 3.8) is 0 Å². The summed E-state index contributed by atoms with van der Waals surface area (Å²) in [6.45, 7) is 5.62. The van der Waals surface area contributed by atoms with E-state index in [1.54, 1.807) is 12.1 Å². The second-order valence-corrected chi connectivity index (χ2v) is 7.19. The molecule has 5 nitrogen and oxygen atoms in total. The summed E-state index contributed by atoms with van der Waals surface area (Å²) in [5.41, 5.74) is 1.20. The molecule has 2 aliphatic heterocycles. The summed E-state index contributed by atoms with van der Waals surface area (Å²) in [6.07, 6.45) is 5.00. The normalized spacial score (nSPS) is 23.9. The molecule has 0 saturated carbocycles. The van der Waals surface area contributed by atoms with Gasteiger partial charge in [0.15, 0.2) is 0 Å². The van der Waals surface area contributed by atoms with E-state index in [2.05, 4.69) is 32.7 Å². The first-order valence-corrected chi connectivity index (χ1v) is 8.80. The van der Waals surface area contributed by atoms with Crippen molar-refractivity contribution >= 4 is 27.3 Å². The molecular weight excluding hydrogens is 346 g/mol. The summed E-state index contributed by atoms with van der Waals surface area (Å²) < 4.78 is 0.815. The van der Waals surface area contributed by atoms with Gasteiger partial charge in [-0.05, 0) is 61.1 Å². The van der Waals surface area contributed by atoms with E-state index in [4.69, 9.17) is 0 Å². The fourth-order valence-electron chi connectivity index (χ4n) is 3.80. The number of rotatable bonds is 3. The van der Waals surface area contributed by atoms with Crippen LogP contribution in [0.5, 0.6) is 0 Å². The van der Waals surface area contributed by atoms with Gasteiger partial charge in [0, 0.05) is 41.8 Å². The number of piperidine rings is 1. The Hall–Kier alpha value is -1.14. The lowest BCUT2D eigenvalue weighted by atomic mass is 10.0. The molecule has 2 saturated heterocycles. The van der Waals surface area contributed by atoms with Crippen LogP contribution in [-0.2, 0) is 0 Å². The summed E-state index contributed by atoms with van der Waals surface area (Å²) >= 11 is 3.49. The van der Waals surface area contributed by atoms with Gasteiger partial charge >= 0.3 is 0 Å². The van der Waals surface area contributed by atoms with Crippen molar-refractivity contribution in [3.05, 3.63) is 32.8 Å². The SMILES string of the molecule is CC1CCCN1C1CCN(c2ccc([N+](=O)[O-])cc2Br)CC1. The van der Waals surface area contributed by atoms with Gasteiger partial charge in [0.05, 0.1) is 10.6 Å². The number of hydrogen-bond acceptors (Lipinski definition) is 4. The monoisotopic (exact) mass is 367 g/mol. The molecule has 0 bridgehead atoms. The van der Waals surface area contributed by atoms with Crippen LogP contribution < -0.4 is 4.90 Å². The van der Waals surface area contributed by atoms with Gasteiger partial charge in [-0.25, -0.2) is 0 Å². The Labute approximate surface area is 139 Å². The third-order valence-corrected chi connectivity index (χ3v) is 5.66. The fraction of sp³-hybridized carbons (Fsp3) is 0.625. The molecule has 0 aromatic heterocycles. The predicted octanol–water partition coefficient (Wildman–Crippen LogP) is 3.81. The number of likely N-dealkylation sites (tertiary alicyclic amines) is 1. The zero-order chi connectivity index (χ0) is 15.7. The smallest absolute Gasteiger partial charge is 0.270 e. The lowest BCUT2D eigenvalue weighted by molar-refractivity contribution is -0.384. The van der Waals surface area contributed by atoms with Crippen molar-refractivity contribution in [1.82, 2.24) is 4.90 Å². The molecule has 2 fully saturated rings. The van der Waals surface area contributed by atoms with Crippen LogP contribution in [0.2, 0.25) is 0 Å². The molecule has 0 radical (unpaired) electrons. The first-order valence-electron chi connectivity index (χ1n) is 8.01. The van der Waals surface area contributed by atoms with Crippen molar-refractivity contribution in [2.45, 2.75) is 44.7 Å². The summed E-state index contributed by atoms with van der Waals surface area (Å²) in [5.74, 6) is 0. The van der Waals surface area contributed by atoms with Crippen LogP contribution in [-0.4, -0.2) is 41.5 Å². The van der Waals surface area contributed by atoms with Crippen LogP contribution >= 0.6 is 15.9 Å². The van der Waals surface area contributed by atoms with E-state index in [0.717, 1.165) is 29.3 Å². The highest BCUT2D eigenvalue weighted by Gasteiger charge is 2.30. The summed E-state index contributed by atoms with van der Waals surface area (Å²) in [7, 11) is 0. The highest BCUT2D eigenvalue weighted by molar-refractivity contribution is 9.10. The Kier molecular flexibility index (Phi) is 4.68. The van der Waals surface area contributed by atoms with Crippen molar-refractivity contribution < 1.29 is 4.92 Å². The molecule has 6 heteroatoms. The third kappa shape index (κ3) is 3.13. The van der Waals surface area contributed by atoms with Crippen LogP contribution in [0.15, 0.2) is 22.7 Å². The van der Waals surface area contributed by atoms with E-state index in [0.29, 0.717) is 6.04 Å². The third-order valence-electron chi connectivity index (χ3n) is 5.02. The molecule has 3 rings (SSSR count). The second-order valence-electron chi connectivity index (χ2n) is 6.34. The number of benzene rings is 1. The number of non-ortho nitro benzene ring substituents is 1. The average Bonchev–Trinajstić information content (AvgIpc) is 2.93. The molecule has 1 aromatic carbocycles. The number of halogens is 1. The number of anilines is 1. The minimum atomic E-state index is -0.352. The maximum absolute atomic E-state index is 10.8. The molecule has 0 N–H and O–H groups in total. The van der Waals surface area contributed by atoms with Gasteiger partial charge in [-0.15, -0.1) is 0 Å². The quantitative estimate of drug-likeness (QED) is 0.601. The maximum atomic E-state index is 10.8. The molecule has 22 heavy (non-hydrogen) atoms. The Morgan fingerprint density at radius 1 is 1.23 bits per heavy atom. The standard InChI is InChI=1S/C16H22BrN3O2/c1-12-3-2-8-19(12)13-6-9-18(10-7-13)16-5-4-14(20(21)22)11-15(16)17/h4-5,11-13H,2-3,6-10H2,1H3. The van der Waals surface area contributed by atoms with E-state index in [1.807, 2.05) is 6.07 Å². The first kappa shape index (κ1) is 15.7. The zero-order valence-electron chi connectivity index (χ0n) is 12.9. The highest BCUT2D eigenvalue weighted by atomic mass is 79.9. The molecule has 2 heterocycles. The first-order chi connectivity index (χ1) is 10.6. The second kappa shape index (κ2) is 6.54. The summed E-state index contributed by atoms with van der Waals surface area (Å²) in [6, 6.07) is 6.48. The highest BCUT2D eigenvalue weighted by Crippen LogP contribution is 2.33. The van der Waals surface area contributed by atoms with Gasteiger partial charge in [0.2, 0.25) is 0 Å². The van der Waals surface area contributed by atoms with Crippen molar-refractivity contribution in [3.8, 4) is 0 Å². The van der Waals surface area contributed by atoms with Gasteiger partial charge in [-0.3, -0.25) is 15.0 Å². The maximum Gasteiger partial charge on any atom is 0.270 e. The minimum Gasteiger partial charge on any atom is -0.370 e. The minimum absolute atomic E-state index is 0.136. The van der Waals surface area contributed by atoms with Gasteiger partial charge in [0.25, 0.3) is 5.69 Å². The van der Waals surface area contributed by atoms with E-state index >= 15 is 0 Å². The lowest BCUT2D eigenvalue weighted by Crippen LogP contribution is -2.46. The van der Waals surface area contributed by atoms with Crippen LogP contribution in [0.25, 0.3) is 0 Å². The largest absolute Gasteiger partial charge is 0.370 e. The molecule has 0 spiro atoms. The van der Waals surface area contributed by atoms with Crippen LogP contribution in [0, 0.1) is 10.1 Å². The number of nitro groups is 1. The zero-order valence-corrected chi connectivity index (χ0v) is 14.5. The van der Waals surface area contributed by atoms with E-state index in [-0.39, 0.29) is 10.6 Å². The molecule has 0 aliphatic carbocycles. The van der Waals surface area contributed by atoms with Crippen LogP contribution in [0.3, 0.4) is 0 Å². The number of hydrogen-bond donors (Lipinski definition) is 0. The molecule has 1 atom stereocenters. The average molecular weight is 368 g/mol. The molecule has 2 aliphatic rings. The van der Waals surface area contributed by atoms with Crippen molar-refractivity contribution in [2.24, 2.45) is 0 Å². The predicted molar refractivity (Wildman–Crippen MR) is 91.4 cm³/mol. The molecule has 1 aromatic rings. The number of nitro benzene ring substituents is 1. The Balaban J connectivity index is 1.65. The van der Waals surface area contributed by atoms with Crippen LogP contribution in [0.1, 0.15) is 32.6 Å². The Morgan fingerprint density at radius 2 is 1.95 bits per heavy atom. The lowest BCUT2D eigenvalue weighted by Gasteiger charge is -2.39. The molecule has 1 unspecified atom stereocenters. The fourth-order valence-corrected chi connectivity index (χ4v) is 4.42. The Morgan fingerprint density at radius 3 is 2.50 bits per heavy atom. The van der Waals surface area contributed by atoms with Gasteiger partial charge < -0.3 is 4.90 Å². The molecular formula is C16H22BrN3O2. The van der Waals surface area contributed by atoms with Crippen molar-refractivity contribution in [2.75, 3.05) is 24.5 Å². The van der Waals surface area contributed by atoms with Gasteiger partial charge in [0.1, 0.15) is 0 Å². The topological polar surface area (TPSA) is 49.6 Å². The van der Waals surface area contributed by atoms with Crippen molar-refractivity contribution in [1.29, 1.82) is 0 Å². The van der Waals surface area contributed by atoms with Gasteiger partial charge in [-0.2, -0.15) is 0 Å². The summed E-state index contributed by atoms with van der Waals surface area (Å²) in [5, 5.41) is 10.8. The Bertz CT molecular complexity index is 558. The van der Waals surface area contributed by atoms with E-state index in [1.165, 1.54) is 32.2 Å². The molecule has 0 amide bonds. The summed E-state index contributed by atoms with van der Waals surface area (Å²) in [4.78, 5) is 15.5. The van der Waals surface area contributed by atoms with E-state index < -0.39 is 0 Å². The van der Waals surface area contributed by atoms with Gasteiger partial charge in [-0.1, -0.05) is 0 Å². The molecule has 120 valence electrons. The number of nitrogens with zero attached hydrogens (tertiary/aromatic N) is 3.